The smallest absolute Gasteiger partial charge is 0.335 e. The third-order valence-electron chi connectivity index (χ3n) is 5.47. The van der Waals surface area contributed by atoms with Gasteiger partial charge >= 0.3 is 5.97 Å². The fraction of sp³-hybridized carbons (Fsp3) is 0.240. The minimum absolute atomic E-state index is 0.0395. The fourth-order valence-corrected chi connectivity index (χ4v) is 4.04. The Balaban J connectivity index is 1.90. The van der Waals surface area contributed by atoms with Crippen LogP contribution in [-0.2, 0) is 0 Å². The Morgan fingerprint density at radius 3 is 2.62 bits per heavy atom. The van der Waals surface area contributed by atoms with Gasteiger partial charge in [0, 0.05) is 0 Å². The standard InChI is InChI=1S/C25H24N4O5/c1-4-32-19-10-9-15(12-20(19)33-5-2)22-18(13-26)23(27)34-24-21(22)14(3)28-29(24)17-8-6-7-16(11-17)25(30)31/h6-12,22H,4-5,27H2,1-3H3,(H,30,31). The Labute approximate surface area is 196 Å². The Bertz CT molecular complexity index is 1340. The van der Waals surface area contributed by atoms with E-state index in [0.717, 1.165) is 5.56 Å². The molecule has 174 valence electrons. The minimum atomic E-state index is -1.05. The van der Waals surface area contributed by atoms with Gasteiger partial charge in [-0.3, -0.25) is 0 Å². The lowest BCUT2D eigenvalue weighted by Gasteiger charge is -2.25. The van der Waals surface area contributed by atoms with E-state index < -0.39 is 11.9 Å². The van der Waals surface area contributed by atoms with E-state index in [1.807, 2.05) is 26.0 Å². The predicted molar refractivity (Wildman–Crippen MR) is 123 cm³/mol. The molecule has 1 atom stereocenters. The first kappa shape index (κ1) is 22.7. The first-order chi connectivity index (χ1) is 16.4. The number of carbonyl (C=O) groups is 1. The number of benzene rings is 2. The lowest BCUT2D eigenvalue weighted by atomic mass is 9.84. The number of carboxylic acids is 1. The van der Waals surface area contributed by atoms with Gasteiger partial charge in [-0.1, -0.05) is 12.1 Å². The second-order valence-electron chi connectivity index (χ2n) is 7.57. The van der Waals surface area contributed by atoms with Crippen molar-refractivity contribution in [3.05, 3.63) is 76.3 Å². The molecule has 34 heavy (non-hydrogen) atoms. The van der Waals surface area contributed by atoms with Crippen molar-refractivity contribution in [2.75, 3.05) is 13.2 Å². The van der Waals surface area contributed by atoms with Gasteiger partial charge in [0.25, 0.3) is 0 Å². The van der Waals surface area contributed by atoms with Crippen LogP contribution < -0.4 is 19.9 Å². The molecule has 1 aliphatic rings. The molecule has 0 radical (unpaired) electrons. The summed E-state index contributed by atoms with van der Waals surface area (Å²) in [4.78, 5) is 11.5. The molecule has 3 aromatic rings. The SMILES string of the molecule is CCOc1ccc(C2C(C#N)=C(N)Oc3c2c(C)nn3-c2cccc(C(=O)O)c2)cc1OCC. The van der Waals surface area contributed by atoms with Crippen LogP contribution in [-0.4, -0.2) is 34.1 Å². The maximum absolute atomic E-state index is 11.5. The number of nitrogens with two attached hydrogens (primary N) is 1. The van der Waals surface area contributed by atoms with Crippen LogP contribution in [0.15, 0.2) is 53.9 Å². The van der Waals surface area contributed by atoms with Crippen molar-refractivity contribution in [1.82, 2.24) is 9.78 Å². The highest BCUT2D eigenvalue weighted by Gasteiger charge is 2.36. The Morgan fingerprint density at radius 1 is 1.21 bits per heavy atom. The van der Waals surface area contributed by atoms with Gasteiger partial charge < -0.3 is 25.1 Å². The van der Waals surface area contributed by atoms with E-state index in [-0.39, 0.29) is 17.0 Å². The van der Waals surface area contributed by atoms with Crippen molar-refractivity contribution in [3.63, 3.8) is 0 Å². The number of hydrogen-bond acceptors (Lipinski definition) is 7. The van der Waals surface area contributed by atoms with Crippen LogP contribution in [0.4, 0.5) is 0 Å². The van der Waals surface area contributed by atoms with Gasteiger partial charge in [0.1, 0.15) is 11.6 Å². The van der Waals surface area contributed by atoms with Crippen LogP contribution in [0.3, 0.4) is 0 Å². The second kappa shape index (κ2) is 9.19. The van der Waals surface area contributed by atoms with Crippen molar-refractivity contribution in [3.8, 4) is 29.1 Å². The van der Waals surface area contributed by atoms with Gasteiger partial charge in [-0.05, 0) is 56.7 Å². The Kier molecular flexibility index (Phi) is 6.15. The average molecular weight is 460 g/mol. The van der Waals surface area contributed by atoms with Crippen molar-refractivity contribution in [2.24, 2.45) is 5.73 Å². The summed E-state index contributed by atoms with van der Waals surface area (Å²) in [5.74, 6) is -0.156. The highest BCUT2D eigenvalue weighted by atomic mass is 16.5. The number of rotatable bonds is 7. The third kappa shape index (κ3) is 3.90. The molecule has 0 fully saturated rings. The molecule has 3 N–H and O–H groups in total. The number of aromatic nitrogens is 2. The number of carboxylic acid groups (broad SMARTS) is 1. The van der Waals surface area contributed by atoms with Crippen molar-refractivity contribution in [1.29, 1.82) is 5.26 Å². The zero-order valence-electron chi connectivity index (χ0n) is 19.0. The number of nitrogens with zero attached hydrogens (tertiary/aromatic N) is 3. The topological polar surface area (TPSA) is 133 Å². The summed E-state index contributed by atoms with van der Waals surface area (Å²) in [6, 6.07) is 14.0. The van der Waals surface area contributed by atoms with E-state index in [0.29, 0.717) is 47.5 Å². The highest BCUT2D eigenvalue weighted by Crippen LogP contribution is 2.46. The molecule has 0 aliphatic carbocycles. The normalized spacial score (nSPS) is 14.7. The van der Waals surface area contributed by atoms with Gasteiger partial charge in [0.15, 0.2) is 11.5 Å². The van der Waals surface area contributed by atoms with Crippen LogP contribution in [0.5, 0.6) is 17.4 Å². The Morgan fingerprint density at radius 2 is 1.94 bits per heavy atom. The number of aryl methyl sites for hydroxylation is 1. The van der Waals surface area contributed by atoms with Crippen LogP contribution in [0.25, 0.3) is 5.69 Å². The van der Waals surface area contributed by atoms with Gasteiger partial charge in [-0.15, -0.1) is 0 Å². The number of hydrogen-bond donors (Lipinski definition) is 2. The number of aromatic carboxylic acids is 1. The van der Waals surface area contributed by atoms with Crippen LogP contribution in [0, 0.1) is 18.3 Å². The molecule has 1 aliphatic heterocycles. The number of allylic oxidation sites excluding steroid dienone is 1. The molecule has 0 amide bonds. The first-order valence-electron chi connectivity index (χ1n) is 10.8. The molecular formula is C25H24N4O5. The van der Waals surface area contributed by atoms with Gasteiger partial charge in [-0.2, -0.15) is 10.4 Å². The van der Waals surface area contributed by atoms with Gasteiger partial charge in [-0.25, -0.2) is 9.48 Å². The van der Waals surface area contributed by atoms with Crippen molar-refractivity contribution >= 4 is 5.97 Å². The van der Waals surface area contributed by atoms with E-state index in [1.165, 1.54) is 16.8 Å². The number of ether oxygens (including phenoxy) is 3. The molecule has 1 unspecified atom stereocenters. The zero-order valence-corrected chi connectivity index (χ0v) is 19.0. The molecule has 1 aromatic heterocycles. The number of fused-ring (bicyclic) bond motifs is 1. The average Bonchev–Trinajstić information content (AvgIpc) is 3.15. The maximum atomic E-state index is 11.5. The molecule has 0 spiro atoms. The largest absolute Gasteiger partial charge is 0.490 e. The minimum Gasteiger partial charge on any atom is -0.490 e. The van der Waals surface area contributed by atoms with E-state index in [4.69, 9.17) is 19.9 Å². The van der Waals surface area contributed by atoms with E-state index in [9.17, 15) is 15.2 Å². The summed E-state index contributed by atoms with van der Waals surface area (Å²) in [6.45, 7) is 6.51. The molecule has 0 bridgehead atoms. The molecule has 4 rings (SSSR count). The van der Waals surface area contributed by atoms with Crippen LogP contribution >= 0.6 is 0 Å². The fourth-order valence-electron chi connectivity index (χ4n) is 4.04. The van der Waals surface area contributed by atoms with Crippen molar-refractivity contribution in [2.45, 2.75) is 26.7 Å². The monoisotopic (exact) mass is 460 g/mol. The van der Waals surface area contributed by atoms with Crippen LogP contribution in [0.1, 0.15) is 46.9 Å². The molecule has 2 heterocycles. The molecule has 2 aromatic carbocycles. The van der Waals surface area contributed by atoms with Gasteiger partial charge in [0.2, 0.25) is 11.8 Å². The zero-order chi connectivity index (χ0) is 24.4. The maximum Gasteiger partial charge on any atom is 0.335 e. The quantitative estimate of drug-likeness (QED) is 0.542. The summed E-state index contributed by atoms with van der Waals surface area (Å²) in [6.07, 6.45) is 0. The summed E-state index contributed by atoms with van der Waals surface area (Å²) < 4.78 is 18.8. The lowest BCUT2D eigenvalue weighted by Crippen LogP contribution is -2.22. The van der Waals surface area contributed by atoms with E-state index >= 15 is 0 Å². The summed E-state index contributed by atoms with van der Waals surface area (Å²) in [5, 5.41) is 23.9. The van der Waals surface area contributed by atoms with E-state index in [1.54, 1.807) is 25.1 Å². The van der Waals surface area contributed by atoms with Gasteiger partial charge in [0.05, 0.1) is 41.6 Å². The summed E-state index contributed by atoms with van der Waals surface area (Å²) in [5.41, 5.74) is 9.09. The Hall–Kier alpha value is -4.45. The first-order valence-corrected chi connectivity index (χ1v) is 10.8. The molecular weight excluding hydrogens is 436 g/mol. The summed E-state index contributed by atoms with van der Waals surface area (Å²) in [7, 11) is 0. The molecule has 0 saturated carbocycles. The molecule has 0 saturated heterocycles. The van der Waals surface area contributed by atoms with Crippen molar-refractivity contribution < 1.29 is 24.1 Å². The van der Waals surface area contributed by atoms with E-state index in [2.05, 4.69) is 11.2 Å². The highest BCUT2D eigenvalue weighted by molar-refractivity contribution is 5.88. The number of nitriles is 1. The molecule has 9 nitrogen and oxygen atoms in total. The lowest BCUT2D eigenvalue weighted by molar-refractivity contribution is 0.0697. The molecule has 9 heteroatoms. The predicted octanol–water partition coefficient (Wildman–Crippen LogP) is 3.89. The van der Waals surface area contributed by atoms with Crippen LogP contribution in [0.2, 0.25) is 0 Å². The summed E-state index contributed by atoms with van der Waals surface area (Å²) >= 11 is 0. The third-order valence-corrected chi connectivity index (χ3v) is 5.47. The second-order valence-corrected chi connectivity index (χ2v) is 7.57.